The minimum atomic E-state index is -0.0813. The smallest absolute Gasteiger partial charge is 0.161 e. The Morgan fingerprint density at radius 3 is 2.10 bits per heavy atom. The molecule has 0 spiro atoms. The fourth-order valence-corrected chi connectivity index (χ4v) is 2.99. The summed E-state index contributed by atoms with van der Waals surface area (Å²) in [6.45, 7) is 10.8. The first-order valence-corrected chi connectivity index (χ1v) is 7.70. The Hall–Kier alpha value is -1.26. The van der Waals surface area contributed by atoms with Gasteiger partial charge in [0.1, 0.15) is 0 Å². The van der Waals surface area contributed by atoms with Crippen LogP contribution >= 0.6 is 0 Å². The summed E-state index contributed by atoms with van der Waals surface area (Å²) in [5.41, 5.74) is 7.61. The standard InChI is InChI=1S/C17H30N2O2/c1-7-17(4,19(8-2)9-3)16(18)13-10-11-14(20-5)15(12-13)21-6/h10-12,16H,7-9,18H2,1-6H3. The van der Waals surface area contributed by atoms with Crippen LogP contribution in [-0.2, 0) is 0 Å². The summed E-state index contributed by atoms with van der Waals surface area (Å²) in [6.07, 6.45) is 0.990. The average Bonchev–Trinajstić information content (AvgIpc) is 2.54. The van der Waals surface area contributed by atoms with E-state index < -0.39 is 0 Å². The number of methoxy groups -OCH3 is 2. The van der Waals surface area contributed by atoms with Gasteiger partial charge in [-0.1, -0.05) is 26.8 Å². The summed E-state index contributed by atoms with van der Waals surface area (Å²) < 4.78 is 10.7. The van der Waals surface area contributed by atoms with Crippen molar-refractivity contribution in [1.82, 2.24) is 4.90 Å². The lowest BCUT2D eigenvalue weighted by atomic mass is 9.83. The molecule has 0 aliphatic rings. The molecule has 2 atom stereocenters. The predicted molar refractivity (Wildman–Crippen MR) is 88.1 cm³/mol. The van der Waals surface area contributed by atoms with Crippen LogP contribution in [0.5, 0.6) is 11.5 Å². The predicted octanol–water partition coefficient (Wildman–Crippen LogP) is 3.21. The second kappa shape index (κ2) is 7.66. The molecule has 4 heteroatoms. The first kappa shape index (κ1) is 17.8. The van der Waals surface area contributed by atoms with E-state index in [0.717, 1.165) is 36.6 Å². The molecule has 0 heterocycles. The number of benzene rings is 1. The molecule has 2 unspecified atom stereocenters. The summed E-state index contributed by atoms with van der Waals surface area (Å²) in [4.78, 5) is 2.42. The van der Waals surface area contributed by atoms with Crippen LogP contribution in [0.1, 0.15) is 45.7 Å². The maximum absolute atomic E-state index is 6.61. The van der Waals surface area contributed by atoms with Crippen molar-refractivity contribution in [2.45, 2.75) is 45.7 Å². The van der Waals surface area contributed by atoms with Crippen LogP contribution in [0.15, 0.2) is 18.2 Å². The highest BCUT2D eigenvalue weighted by Gasteiger charge is 2.35. The van der Waals surface area contributed by atoms with Crippen molar-refractivity contribution in [3.05, 3.63) is 23.8 Å². The van der Waals surface area contributed by atoms with E-state index in [1.54, 1.807) is 14.2 Å². The highest BCUT2D eigenvalue weighted by molar-refractivity contribution is 5.44. The Labute approximate surface area is 129 Å². The minimum absolute atomic E-state index is 0.0803. The first-order chi connectivity index (χ1) is 9.98. The second-order valence-electron chi connectivity index (χ2n) is 5.48. The molecule has 120 valence electrons. The molecule has 0 radical (unpaired) electrons. The summed E-state index contributed by atoms with van der Waals surface area (Å²) in [5, 5.41) is 0. The fourth-order valence-electron chi connectivity index (χ4n) is 2.99. The summed E-state index contributed by atoms with van der Waals surface area (Å²) in [6, 6.07) is 5.86. The Morgan fingerprint density at radius 1 is 1.10 bits per heavy atom. The van der Waals surface area contributed by atoms with Crippen LogP contribution < -0.4 is 15.2 Å². The lowest BCUT2D eigenvalue weighted by Crippen LogP contribution is -2.52. The van der Waals surface area contributed by atoms with Crippen LogP contribution in [0.3, 0.4) is 0 Å². The molecule has 0 fully saturated rings. The van der Waals surface area contributed by atoms with Crippen molar-refractivity contribution in [3.8, 4) is 11.5 Å². The monoisotopic (exact) mass is 294 g/mol. The van der Waals surface area contributed by atoms with Crippen molar-refractivity contribution in [3.63, 3.8) is 0 Å². The summed E-state index contributed by atoms with van der Waals surface area (Å²) >= 11 is 0. The molecule has 0 amide bonds. The van der Waals surface area contributed by atoms with Gasteiger partial charge in [-0.2, -0.15) is 0 Å². The molecule has 0 aliphatic heterocycles. The Kier molecular flexibility index (Phi) is 6.49. The molecule has 0 aromatic heterocycles. The third-order valence-corrected chi connectivity index (χ3v) is 4.64. The zero-order valence-electron chi connectivity index (χ0n) is 14.3. The quantitative estimate of drug-likeness (QED) is 0.800. The molecule has 1 rings (SSSR count). The fraction of sp³-hybridized carbons (Fsp3) is 0.647. The number of rotatable bonds is 8. The number of hydrogen-bond acceptors (Lipinski definition) is 4. The zero-order valence-corrected chi connectivity index (χ0v) is 14.3. The van der Waals surface area contributed by atoms with E-state index >= 15 is 0 Å². The lowest BCUT2D eigenvalue weighted by Gasteiger charge is -2.44. The zero-order chi connectivity index (χ0) is 16.0. The number of likely N-dealkylation sites (N-methyl/N-ethyl adjacent to an activating group) is 1. The summed E-state index contributed by atoms with van der Waals surface area (Å²) in [5.74, 6) is 1.46. The Bertz CT molecular complexity index is 446. The van der Waals surface area contributed by atoms with E-state index in [1.165, 1.54) is 0 Å². The van der Waals surface area contributed by atoms with Gasteiger partial charge in [0.2, 0.25) is 0 Å². The first-order valence-electron chi connectivity index (χ1n) is 7.70. The van der Waals surface area contributed by atoms with E-state index in [-0.39, 0.29) is 11.6 Å². The van der Waals surface area contributed by atoms with E-state index in [0.29, 0.717) is 0 Å². The number of hydrogen-bond donors (Lipinski definition) is 1. The Morgan fingerprint density at radius 2 is 1.67 bits per heavy atom. The van der Waals surface area contributed by atoms with Gasteiger partial charge in [-0.15, -0.1) is 0 Å². The highest BCUT2D eigenvalue weighted by atomic mass is 16.5. The van der Waals surface area contributed by atoms with E-state index in [4.69, 9.17) is 15.2 Å². The van der Waals surface area contributed by atoms with Gasteiger partial charge >= 0.3 is 0 Å². The molecular weight excluding hydrogens is 264 g/mol. The van der Waals surface area contributed by atoms with Gasteiger partial charge in [-0.3, -0.25) is 4.90 Å². The van der Waals surface area contributed by atoms with Crippen LogP contribution in [0, 0.1) is 0 Å². The SMILES string of the molecule is CCN(CC)C(C)(CC)C(N)c1ccc(OC)c(OC)c1. The molecule has 0 saturated heterocycles. The van der Waals surface area contributed by atoms with Gasteiger partial charge < -0.3 is 15.2 Å². The van der Waals surface area contributed by atoms with Crippen LogP contribution in [0.25, 0.3) is 0 Å². The van der Waals surface area contributed by atoms with E-state index in [2.05, 4.69) is 32.6 Å². The van der Waals surface area contributed by atoms with Gasteiger partial charge in [0.25, 0.3) is 0 Å². The van der Waals surface area contributed by atoms with E-state index in [1.807, 2.05) is 18.2 Å². The largest absolute Gasteiger partial charge is 0.493 e. The van der Waals surface area contributed by atoms with Crippen molar-refractivity contribution >= 4 is 0 Å². The Balaban J connectivity index is 3.18. The molecule has 0 saturated carbocycles. The molecule has 0 aliphatic carbocycles. The van der Waals surface area contributed by atoms with Gasteiger partial charge in [0.15, 0.2) is 11.5 Å². The van der Waals surface area contributed by atoms with E-state index in [9.17, 15) is 0 Å². The lowest BCUT2D eigenvalue weighted by molar-refractivity contribution is 0.0843. The van der Waals surface area contributed by atoms with Crippen molar-refractivity contribution < 1.29 is 9.47 Å². The normalized spacial score (nSPS) is 15.6. The van der Waals surface area contributed by atoms with Crippen molar-refractivity contribution in [2.24, 2.45) is 5.73 Å². The van der Waals surface area contributed by atoms with Gasteiger partial charge in [-0.05, 0) is 44.1 Å². The minimum Gasteiger partial charge on any atom is -0.493 e. The molecule has 21 heavy (non-hydrogen) atoms. The molecule has 1 aromatic carbocycles. The van der Waals surface area contributed by atoms with Crippen molar-refractivity contribution in [1.29, 1.82) is 0 Å². The topological polar surface area (TPSA) is 47.7 Å². The van der Waals surface area contributed by atoms with Gasteiger partial charge in [0.05, 0.1) is 14.2 Å². The average molecular weight is 294 g/mol. The summed E-state index contributed by atoms with van der Waals surface area (Å²) in [7, 11) is 3.29. The third-order valence-electron chi connectivity index (χ3n) is 4.64. The van der Waals surface area contributed by atoms with Gasteiger partial charge in [-0.25, -0.2) is 0 Å². The second-order valence-corrected chi connectivity index (χ2v) is 5.48. The third kappa shape index (κ3) is 3.50. The maximum Gasteiger partial charge on any atom is 0.161 e. The maximum atomic E-state index is 6.61. The number of ether oxygens (including phenoxy) is 2. The van der Waals surface area contributed by atoms with Crippen molar-refractivity contribution in [2.75, 3.05) is 27.3 Å². The molecule has 4 nitrogen and oxygen atoms in total. The van der Waals surface area contributed by atoms with Crippen LogP contribution in [0.4, 0.5) is 0 Å². The molecule has 2 N–H and O–H groups in total. The highest BCUT2D eigenvalue weighted by Crippen LogP contribution is 2.36. The number of nitrogens with zero attached hydrogens (tertiary/aromatic N) is 1. The molecule has 1 aromatic rings. The molecule has 0 bridgehead atoms. The molecular formula is C17H30N2O2. The van der Waals surface area contributed by atoms with Crippen LogP contribution in [0.2, 0.25) is 0 Å². The van der Waals surface area contributed by atoms with Crippen LogP contribution in [-0.4, -0.2) is 37.7 Å². The van der Waals surface area contributed by atoms with Gasteiger partial charge in [0, 0.05) is 11.6 Å². The number of nitrogens with two attached hydrogens (primary N) is 1.